The quantitative estimate of drug-likeness (QED) is 0.602. The van der Waals surface area contributed by atoms with Gasteiger partial charge in [0.05, 0.1) is 5.56 Å². The second-order valence-electron chi connectivity index (χ2n) is 6.41. The van der Waals surface area contributed by atoms with Crippen molar-refractivity contribution in [3.05, 3.63) is 65.7 Å². The minimum absolute atomic E-state index is 0.0717. The third-order valence-electron chi connectivity index (χ3n) is 3.91. The Morgan fingerprint density at radius 3 is 2.33 bits per heavy atom. The van der Waals surface area contributed by atoms with Crippen LogP contribution < -0.4 is 16.0 Å². The molecular formula is C20H23N3O4. The van der Waals surface area contributed by atoms with Crippen LogP contribution in [-0.2, 0) is 11.3 Å². The fourth-order valence-corrected chi connectivity index (χ4v) is 2.46. The first kappa shape index (κ1) is 20.0. The number of benzene rings is 2. The Morgan fingerprint density at radius 2 is 1.70 bits per heavy atom. The van der Waals surface area contributed by atoms with Crippen molar-refractivity contribution in [3.63, 3.8) is 0 Å². The van der Waals surface area contributed by atoms with Crippen molar-refractivity contribution in [1.82, 2.24) is 10.6 Å². The van der Waals surface area contributed by atoms with Gasteiger partial charge in [-0.3, -0.25) is 4.79 Å². The summed E-state index contributed by atoms with van der Waals surface area (Å²) in [4.78, 5) is 35.7. The van der Waals surface area contributed by atoms with Crippen molar-refractivity contribution >= 4 is 23.6 Å². The molecule has 2 aromatic carbocycles. The van der Waals surface area contributed by atoms with Crippen molar-refractivity contribution in [3.8, 4) is 0 Å². The highest BCUT2D eigenvalue weighted by Gasteiger charge is 2.24. The van der Waals surface area contributed by atoms with Gasteiger partial charge in [-0.2, -0.15) is 0 Å². The van der Waals surface area contributed by atoms with E-state index in [9.17, 15) is 14.4 Å². The number of carboxylic acids is 1. The molecule has 27 heavy (non-hydrogen) atoms. The first-order valence-electron chi connectivity index (χ1n) is 8.59. The molecule has 7 heteroatoms. The average Bonchev–Trinajstić information content (AvgIpc) is 2.65. The molecule has 0 aliphatic heterocycles. The maximum Gasteiger partial charge on any atom is 0.335 e. The summed E-state index contributed by atoms with van der Waals surface area (Å²) < 4.78 is 0. The van der Waals surface area contributed by atoms with E-state index in [-0.39, 0.29) is 11.5 Å². The molecule has 0 aromatic heterocycles. The van der Waals surface area contributed by atoms with E-state index < -0.39 is 23.9 Å². The van der Waals surface area contributed by atoms with E-state index in [4.69, 9.17) is 5.11 Å². The summed E-state index contributed by atoms with van der Waals surface area (Å²) in [7, 11) is 0. The molecular weight excluding hydrogens is 346 g/mol. The summed E-state index contributed by atoms with van der Waals surface area (Å²) in [5, 5.41) is 17.1. The molecule has 1 atom stereocenters. The first-order valence-corrected chi connectivity index (χ1v) is 8.59. The molecule has 2 aromatic rings. The standard InChI is InChI=1S/C20H23N3O4/c1-13(2)17(23-20(27)21-12-14-7-4-3-5-8-14)18(24)22-16-10-6-9-15(11-16)19(25)26/h3-11,13,17H,12H2,1-2H3,(H,22,24)(H,25,26)(H2,21,23,27). The molecule has 142 valence electrons. The number of carboxylic acid groups (broad SMARTS) is 1. The van der Waals surface area contributed by atoms with Crippen LogP contribution in [0, 0.1) is 5.92 Å². The molecule has 1 unspecified atom stereocenters. The molecule has 0 aliphatic carbocycles. The van der Waals surface area contributed by atoms with Crippen LogP contribution in [0.3, 0.4) is 0 Å². The van der Waals surface area contributed by atoms with E-state index in [0.717, 1.165) is 5.56 Å². The highest BCUT2D eigenvalue weighted by Crippen LogP contribution is 2.13. The Kier molecular flexibility index (Phi) is 6.93. The van der Waals surface area contributed by atoms with Gasteiger partial charge in [0.15, 0.2) is 0 Å². The lowest BCUT2D eigenvalue weighted by Crippen LogP contribution is -2.50. The van der Waals surface area contributed by atoms with Crippen LogP contribution in [0.4, 0.5) is 10.5 Å². The molecule has 0 saturated carbocycles. The first-order chi connectivity index (χ1) is 12.9. The summed E-state index contributed by atoms with van der Waals surface area (Å²) in [6, 6.07) is 14.2. The molecule has 0 saturated heterocycles. The smallest absolute Gasteiger partial charge is 0.335 e. The number of anilines is 1. The fraction of sp³-hybridized carbons (Fsp3) is 0.250. The lowest BCUT2D eigenvalue weighted by atomic mass is 10.0. The number of aromatic carboxylic acids is 1. The zero-order chi connectivity index (χ0) is 19.8. The van der Waals surface area contributed by atoms with E-state index in [1.807, 2.05) is 44.2 Å². The van der Waals surface area contributed by atoms with Gasteiger partial charge in [0, 0.05) is 12.2 Å². The van der Waals surface area contributed by atoms with Crippen molar-refractivity contribution in [2.75, 3.05) is 5.32 Å². The monoisotopic (exact) mass is 369 g/mol. The normalized spacial score (nSPS) is 11.5. The van der Waals surface area contributed by atoms with Crippen LogP contribution in [0.1, 0.15) is 29.8 Å². The number of nitrogens with one attached hydrogen (secondary N) is 3. The Bertz CT molecular complexity index is 806. The average molecular weight is 369 g/mol. The number of hydrogen-bond donors (Lipinski definition) is 4. The third-order valence-corrected chi connectivity index (χ3v) is 3.91. The van der Waals surface area contributed by atoms with Gasteiger partial charge in [0.2, 0.25) is 5.91 Å². The maximum atomic E-state index is 12.5. The second-order valence-corrected chi connectivity index (χ2v) is 6.41. The van der Waals surface area contributed by atoms with Crippen molar-refractivity contribution in [2.24, 2.45) is 5.92 Å². The van der Waals surface area contributed by atoms with Crippen LogP contribution in [0.25, 0.3) is 0 Å². The second kappa shape index (κ2) is 9.38. The van der Waals surface area contributed by atoms with Crippen LogP contribution in [0.5, 0.6) is 0 Å². The molecule has 3 amide bonds. The molecule has 4 N–H and O–H groups in total. The van der Waals surface area contributed by atoms with Gasteiger partial charge in [0.1, 0.15) is 6.04 Å². The number of hydrogen-bond acceptors (Lipinski definition) is 3. The van der Waals surface area contributed by atoms with E-state index in [2.05, 4.69) is 16.0 Å². The van der Waals surface area contributed by atoms with Crippen LogP contribution >= 0.6 is 0 Å². The third kappa shape index (κ3) is 6.14. The number of carbonyl (C=O) groups excluding carboxylic acids is 2. The van der Waals surface area contributed by atoms with E-state index >= 15 is 0 Å². The molecule has 0 radical (unpaired) electrons. The van der Waals surface area contributed by atoms with Crippen LogP contribution in [0.15, 0.2) is 54.6 Å². The number of carbonyl (C=O) groups is 3. The zero-order valence-electron chi connectivity index (χ0n) is 15.2. The van der Waals surface area contributed by atoms with Crippen molar-refractivity contribution in [1.29, 1.82) is 0 Å². The summed E-state index contributed by atoms with van der Waals surface area (Å²) in [6.45, 7) is 3.98. The Balaban J connectivity index is 1.97. The van der Waals surface area contributed by atoms with Gasteiger partial charge in [-0.25, -0.2) is 9.59 Å². The van der Waals surface area contributed by atoms with Gasteiger partial charge < -0.3 is 21.1 Å². The molecule has 0 heterocycles. The highest BCUT2D eigenvalue weighted by molar-refractivity contribution is 5.98. The lowest BCUT2D eigenvalue weighted by molar-refractivity contribution is -0.118. The van der Waals surface area contributed by atoms with Gasteiger partial charge >= 0.3 is 12.0 Å². The van der Waals surface area contributed by atoms with E-state index in [1.165, 1.54) is 12.1 Å². The maximum absolute atomic E-state index is 12.5. The van der Waals surface area contributed by atoms with Crippen LogP contribution in [0.2, 0.25) is 0 Å². The SMILES string of the molecule is CC(C)C(NC(=O)NCc1ccccc1)C(=O)Nc1cccc(C(=O)O)c1. The zero-order valence-corrected chi connectivity index (χ0v) is 15.2. The van der Waals surface area contributed by atoms with Crippen molar-refractivity contribution < 1.29 is 19.5 Å². The van der Waals surface area contributed by atoms with Crippen molar-refractivity contribution in [2.45, 2.75) is 26.4 Å². The van der Waals surface area contributed by atoms with Gasteiger partial charge in [-0.1, -0.05) is 50.2 Å². The molecule has 2 rings (SSSR count). The minimum atomic E-state index is -1.08. The van der Waals surface area contributed by atoms with Gasteiger partial charge in [0.25, 0.3) is 0 Å². The molecule has 0 aliphatic rings. The predicted molar refractivity (Wildman–Crippen MR) is 102 cm³/mol. The number of urea groups is 1. The number of amides is 3. The van der Waals surface area contributed by atoms with Gasteiger partial charge in [-0.05, 0) is 29.7 Å². The van der Waals surface area contributed by atoms with E-state index in [0.29, 0.717) is 12.2 Å². The number of rotatable bonds is 7. The molecule has 0 fully saturated rings. The summed E-state index contributed by atoms with van der Waals surface area (Å²) in [6.07, 6.45) is 0. The lowest BCUT2D eigenvalue weighted by Gasteiger charge is -2.22. The molecule has 0 bridgehead atoms. The molecule has 7 nitrogen and oxygen atoms in total. The highest BCUT2D eigenvalue weighted by atomic mass is 16.4. The van der Waals surface area contributed by atoms with Gasteiger partial charge in [-0.15, -0.1) is 0 Å². The summed E-state index contributed by atoms with van der Waals surface area (Å²) in [5.74, 6) is -1.65. The largest absolute Gasteiger partial charge is 0.478 e. The van der Waals surface area contributed by atoms with E-state index in [1.54, 1.807) is 12.1 Å². The Labute approximate surface area is 157 Å². The van der Waals surface area contributed by atoms with Crippen LogP contribution in [-0.4, -0.2) is 29.1 Å². The Morgan fingerprint density at radius 1 is 1.00 bits per heavy atom. The Hall–Kier alpha value is -3.35. The topological polar surface area (TPSA) is 108 Å². The summed E-state index contributed by atoms with van der Waals surface area (Å²) in [5.41, 5.74) is 1.38. The predicted octanol–water partition coefficient (Wildman–Crippen LogP) is 2.85. The minimum Gasteiger partial charge on any atom is -0.478 e. The fourth-order valence-electron chi connectivity index (χ4n) is 2.46. The summed E-state index contributed by atoms with van der Waals surface area (Å²) >= 11 is 0. The molecule has 0 spiro atoms.